The van der Waals surface area contributed by atoms with E-state index in [0.29, 0.717) is 12.1 Å². The first kappa shape index (κ1) is 32.3. The highest BCUT2D eigenvalue weighted by atomic mass is 35.5. The number of pyridine rings is 1. The number of aromatic nitrogens is 1. The van der Waals surface area contributed by atoms with E-state index in [4.69, 9.17) is 32.7 Å². The van der Waals surface area contributed by atoms with Crippen LogP contribution in [0.1, 0.15) is 42.4 Å². The molecule has 0 saturated carbocycles. The van der Waals surface area contributed by atoms with Crippen molar-refractivity contribution in [2.45, 2.75) is 39.3 Å². The second kappa shape index (κ2) is 13.2. The maximum Gasteiger partial charge on any atom is 0.410 e. The van der Waals surface area contributed by atoms with Crippen molar-refractivity contribution in [3.8, 4) is 5.88 Å². The number of hydrogen-bond donors (Lipinski definition) is 2. The number of benzene rings is 2. The van der Waals surface area contributed by atoms with Crippen LogP contribution >= 0.6 is 23.2 Å². The molecule has 1 aromatic heterocycles. The summed E-state index contributed by atoms with van der Waals surface area (Å²) in [6.45, 7) is 4.50. The lowest BCUT2D eigenvalue weighted by Crippen LogP contribution is -2.38. The van der Waals surface area contributed by atoms with Crippen LogP contribution in [-0.2, 0) is 17.7 Å². The largest absolute Gasteiger partial charge is 0.481 e. The topological polar surface area (TPSA) is 144 Å². The van der Waals surface area contributed by atoms with Crippen molar-refractivity contribution in [1.29, 1.82) is 0 Å². The number of amides is 1. The molecule has 11 nitrogen and oxygen atoms in total. The quantitative estimate of drug-likeness (QED) is 0.179. The lowest BCUT2D eigenvalue weighted by atomic mass is 10.1. The number of carboxylic acids is 1. The van der Waals surface area contributed by atoms with Gasteiger partial charge >= 0.3 is 12.1 Å². The van der Waals surface area contributed by atoms with Crippen molar-refractivity contribution >= 4 is 52.3 Å². The van der Waals surface area contributed by atoms with Gasteiger partial charge in [0.25, 0.3) is 5.69 Å². The van der Waals surface area contributed by atoms with Gasteiger partial charge in [0.05, 0.1) is 39.9 Å². The molecule has 2 aromatic carbocycles. The fraction of sp³-hybridized carbons (Fsp3) is 0.296. The summed E-state index contributed by atoms with van der Waals surface area (Å²) < 4.78 is 38.5. The summed E-state index contributed by atoms with van der Waals surface area (Å²) in [5, 5.41) is 23.9. The zero-order chi connectivity index (χ0) is 31.4. The molecule has 1 heterocycles. The number of carboxylic acid groups (broad SMARTS) is 1. The van der Waals surface area contributed by atoms with E-state index < -0.39 is 39.8 Å². The molecule has 0 spiro atoms. The number of carbonyl (C=O) groups excluding carboxylic acids is 1. The molecular formula is C27H26Cl2F2N4O7. The Labute approximate surface area is 249 Å². The molecule has 15 heteroatoms. The summed E-state index contributed by atoms with van der Waals surface area (Å²) in [4.78, 5) is 41.3. The van der Waals surface area contributed by atoms with Crippen molar-refractivity contribution < 1.29 is 37.9 Å². The highest BCUT2D eigenvalue weighted by Crippen LogP contribution is 2.36. The number of aromatic carboxylic acids is 1. The van der Waals surface area contributed by atoms with Gasteiger partial charge in [-0.3, -0.25) is 10.1 Å². The van der Waals surface area contributed by atoms with E-state index in [0.717, 1.165) is 0 Å². The summed E-state index contributed by atoms with van der Waals surface area (Å²) in [7, 11) is 1.35. The number of nitro groups is 1. The normalized spacial score (nSPS) is 11.1. The Hall–Kier alpha value is -4.23. The van der Waals surface area contributed by atoms with Gasteiger partial charge in [-0.2, -0.15) is 0 Å². The van der Waals surface area contributed by atoms with Crippen molar-refractivity contribution in [2.24, 2.45) is 0 Å². The Morgan fingerprint density at radius 3 is 2.38 bits per heavy atom. The van der Waals surface area contributed by atoms with E-state index in [-0.39, 0.29) is 63.8 Å². The molecule has 1 amide bonds. The van der Waals surface area contributed by atoms with E-state index in [9.17, 15) is 33.6 Å². The fourth-order valence-electron chi connectivity index (χ4n) is 3.77. The molecule has 0 radical (unpaired) electrons. The average molecular weight is 627 g/mol. The molecule has 3 rings (SSSR count). The number of halogens is 4. The highest BCUT2D eigenvalue weighted by Gasteiger charge is 2.27. The fourth-order valence-corrected chi connectivity index (χ4v) is 4.17. The number of carbonyl (C=O) groups is 2. The number of nitrogens with one attached hydrogen (secondary N) is 1. The van der Waals surface area contributed by atoms with Crippen LogP contribution in [0.3, 0.4) is 0 Å². The molecule has 3 aromatic rings. The van der Waals surface area contributed by atoms with Gasteiger partial charge in [0, 0.05) is 42.4 Å². The molecule has 0 unspecified atom stereocenters. The van der Waals surface area contributed by atoms with E-state index in [1.807, 2.05) is 0 Å². The van der Waals surface area contributed by atoms with Crippen molar-refractivity contribution in [3.05, 3.63) is 85.0 Å². The number of methoxy groups -OCH3 is 1. The Morgan fingerprint density at radius 1 is 1.12 bits per heavy atom. The number of ether oxygens (including phenoxy) is 2. The van der Waals surface area contributed by atoms with Gasteiger partial charge in [-0.15, -0.1) is 0 Å². The van der Waals surface area contributed by atoms with Crippen molar-refractivity contribution in [1.82, 2.24) is 9.88 Å². The van der Waals surface area contributed by atoms with Gasteiger partial charge in [-0.05, 0) is 39.0 Å². The minimum absolute atomic E-state index is 0.0276. The van der Waals surface area contributed by atoms with Gasteiger partial charge in [0.2, 0.25) is 5.88 Å². The van der Waals surface area contributed by atoms with Crippen LogP contribution in [0.15, 0.2) is 36.4 Å². The SMILES string of the molecule is COc1ccc([N+](=O)[O-])c(CCN(Cc2c(Nc3cc(F)c(F)cc3C(=O)O)ccc(Cl)c2Cl)C(=O)OC(C)(C)C)n1. The number of hydrogen-bond acceptors (Lipinski definition) is 8. The molecule has 224 valence electrons. The lowest BCUT2D eigenvalue weighted by molar-refractivity contribution is -0.386. The van der Waals surface area contributed by atoms with Crippen LogP contribution in [0.4, 0.5) is 30.6 Å². The lowest BCUT2D eigenvalue weighted by Gasteiger charge is -2.28. The third kappa shape index (κ3) is 7.95. The number of nitrogens with zero attached hydrogens (tertiary/aromatic N) is 3. The molecule has 2 N–H and O–H groups in total. The highest BCUT2D eigenvalue weighted by molar-refractivity contribution is 6.42. The second-order valence-electron chi connectivity index (χ2n) is 9.86. The molecule has 0 aliphatic carbocycles. The third-order valence-corrected chi connectivity index (χ3v) is 6.55. The molecule has 0 aliphatic rings. The third-order valence-electron chi connectivity index (χ3n) is 5.71. The summed E-state index contributed by atoms with van der Waals surface area (Å²) in [6.07, 6.45) is -0.908. The molecule has 0 atom stereocenters. The van der Waals surface area contributed by atoms with E-state index in [2.05, 4.69) is 10.3 Å². The van der Waals surface area contributed by atoms with Crippen LogP contribution in [0.2, 0.25) is 10.0 Å². The Balaban J connectivity index is 2.05. The van der Waals surface area contributed by atoms with Gasteiger partial charge in [-0.1, -0.05) is 23.2 Å². The number of anilines is 2. The maximum absolute atomic E-state index is 14.1. The van der Waals surface area contributed by atoms with Gasteiger partial charge < -0.3 is 24.8 Å². The Morgan fingerprint density at radius 2 is 1.79 bits per heavy atom. The van der Waals surface area contributed by atoms with Crippen LogP contribution in [0, 0.1) is 21.7 Å². The number of rotatable bonds is 10. The average Bonchev–Trinajstić information content (AvgIpc) is 2.90. The smallest absolute Gasteiger partial charge is 0.410 e. The Bertz CT molecular complexity index is 1530. The van der Waals surface area contributed by atoms with Crippen LogP contribution < -0.4 is 10.1 Å². The summed E-state index contributed by atoms with van der Waals surface area (Å²) >= 11 is 12.8. The zero-order valence-electron chi connectivity index (χ0n) is 22.8. The molecular weight excluding hydrogens is 601 g/mol. The maximum atomic E-state index is 14.1. The van der Waals surface area contributed by atoms with Crippen molar-refractivity contribution in [3.63, 3.8) is 0 Å². The van der Waals surface area contributed by atoms with E-state index >= 15 is 0 Å². The molecule has 0 aliphatic heterocycles. The summed E-state index contributed by atoms with van der Waals surface area (Å²) in [5.41, 5.74) is -1.73. The van der Waals surface area contributed by atoms with Crippen molar-refractivity contribution in [2.75, 3.05) is 19.0 Å². The first-order chi connectivity index (χ1) is 19.6. The summed E-state index contributed by atoms with van der Waals surface area (Å²) in [5.74, 6) is -4.05. The molecule has 0 bridgehead atoms. The van der Waals surface area contributed by atoms with Crippen LogP contribution in [-0.4, -0.2) is 51.2 Å². The Kier molecular flexibility index (Phi) is 10.1. The van der Waals surface area contributed by atoms with Crippen LogP contribution in [0.5, 0.6) is 5.88 Å². The monoisotopic (exact) mass is 626 g/mol. The van der Waals surface area contributed by atoms with Gasteiger partial charge in [-0.25, -0.2) is 23.4 Å². The zero-order valence-corrected chi connectivity index (χ0v) is 24.3. The van der Waals surface area contributed by atoms with Crippen LogP contribution in [0.25, 0.3) is 0 Å². The predicted octanol–water partition coefficient (Wildman–Crippen LogP) is 7.01. The molecule has 42 heavy (non-hydrogen) atoms. The first-order valence-electron chi connectivity index (χ1n) is 12.2. The minimum Gasteiger partial charge on any atom is -0.481 e. The van der Waals surface area contributed by atoms with E-state index in [1.54, 1.807) is 20.8 Å². The second-order valence-corrected chi connectivity index (χ2v) is 10.6. The first-order valence-corrected chi connectivity index (χ1v) is 13.0. The summed E-state index contributed by atoms with van der Waals surface area (Å²) in [6, 6.07) is 6.56. The predicted molar refractivity (Wildman–Crippen MR) is 151 cm³/mol. The van der Waals surface area contributed by atoms with E-state index in [1.165, 1.54) is 36.3 Å². The van der Waals surface area contributed by atoms with Gasteiger partial charge in [0.1, 0.15) is 11.3 Å². The van der Waals surface area contributed by atoms with Gasteiger partial charge in [0.15, 0.2) is 11.6 Å². The minimum atomic E-state index is -1.53. The standard InChI is InChI=1S/C27H26Cl2F2N4O7/c1-27(2,3)42-26(38)34(10-9-20-22(35(39)40)7-8-23(33-20)41-4)13-15-19(6-5-16(28)24(15)29)32-21-12-18(31)17(30)11-14(21)25(36)37/h5-8,11-12,32H,9-10,13H2,1-4H3,(H,36,37). The molecule has 0 saturated heterocycles. The molecule has 0 fully saturated rings.